The van der Waals surface area contributed by atoms with E-state index in [4.69, 9.17) is 0 Å². The smallest absolute Gasteiger partial charge is 0.243 e. The molecule has 0 saturated carbocycles. The van der Waals surface area contributed by atoms with Crippen molar-refractivity contribution in [1.29, 1.82) is 0 Å². The van der Waals surface area contributed by atoms with Crippen LogP contribution in [0.15, 0.2) is 24.5 Å². The van der Waals surface area contributed by atoms with Crippen molar-refractivity contribution in [3.8, 4) is 0 Å². The summed E-state index contributed by atoms with van der Waals surface area (Å²) in [5.74, 6) is 0.645. The molecule has 1 N–H and O–H groups in total. The maximum atomic E-state index is 4.06. The van der Waals surface area contributed by atoms with Crippen LogP contribution in [0, 0.1) is 0 Å². The van der Waals surface area contributed by atoms with E-state index < -0.39 is 0 Å². The molecule has 2 aromatic rings. The van der Waals surface area contributed by atoms with E-state index in [0.29, 0.717) is 5.95 Å². The maximum absolute atomic E-state index is 4.06. The molecule has 0 bridgehead atoms. The lowest BCUT2D eigenvalue weighted by molar-refractivity contribution is 0.705. The first kappa shape index (κ1) is 9.57. The van der Waals surface area contributed by atoms with Crippen LogP contribution < -0.4 is 5.32 Å². The first-order valence-corrected chi connectivity index (χ1v) is 4.66. The van der Waals surface area contributed by atoms with Crippen molar-refractivity contribution in [1.82, 2.24) is 25.2 Å². The average Bonchev–Trinajstić information content (AvgIpc) is 2.66. The standard InChI is InChI=1S/C9H12N6/c1-7(8-4-3-5-10-6-8)11-9-12-13-14-15(9)2/h3-7H,1-2H3,(H,11,12,14). The van der Waals surface area contributed by atoms with E-state index in [1.807, 2.05) is 25.3 Å². The third kappa shape index (κ3) is 2.09. The third-order valence-electron chi connectivity index (χ3n) is 2.15. The molecule has 0 radical (unpaired) electrons. The van der Waals surface area contributed by atoms with Crippen LogP contribution in [0.1, 0.15) is 18.5 Å². The summed E-state index contributed by atoms with van der Waals surface area (Å²) in [7, 11) is 1.79. The normalized spacial score (nSPS) is 12.4. The largest absolute Gasteiger partial charge is 0.347 e. The van der Waals surface area contributed by atoms with Gasteiger partial charge in [-0.3, -0.25) is 4.98 Å². The van der Waals surface area contributed by atoms with Gasteiger partial charge in [0.1, 0.15) is 0 Å². The van der Waals surface area contributed by atoms with E-state index >= 15 is 0 Å². The number of rotatable bonds is 3. The molecule has 1 atom stereocenters. The molecule has 2 heterocycles. The minimum atomic E-state index is 0.128. The fraction of sp³-hybridized carbons (Fsp3) is 0.333. The van der Waals surface area contributed by atoms with Crippen LogP contribution in [0.25, 0.3) is 0 Å². The number of aryl methyl sites for hydroxylation is 1. The molecule has 2 rings (SSSR count). The van der Waals surface area contributed by atoms with Gasteiger partial charge in [-0.1, -0.05) is 11.2 Å². The lowest BCUT2D eigenvalue weighted by Crippen LogP contribution is -2.11. The summed E-state index contributed by atoms with van der Waals surface area (Å²) < 4.78 is 1.59. The van der Waals surface area contributed by atoms with Gasteiger partial charge in [-0.05, 0) is 29.0 Å². The number of anilines is 1. The molecule has 6 nitrogen and oxygen atoms in total. The Morgan fingerprint density at radius 2 is 2.33 bits per heavy atom. The van der Waals surface area contributed by atoms with Crippen molar-refractivity contribution in [3.05, 3.63) is 30.1 Å². The Morgan fingerprint density at radius 3 is 2.93 bits per heavy atom. The number of nitrogens with zero attached hydrogens (tertiary/aromatic N) is 5. The molecule has 0 fully saturated rings. The Morgan fingerprint density at radius 1 is 1.47 bits per heavy atom. The van der Waals surface area contributed by atoms with Crippen molar-refractivity contribution in [2.24, 2.45) is 7.05 Å². The highest BCUT2D eigenvalue weighted by atomic mass is 15.6. The molecule has 0 saturated heterocycles. The summed E-state index contributed by atoms with van der Waals surface area (Å²) in [6.45, 7) is 2.03. The molecule has 0 aliphatic carbocycles. The summed E-state index contributed by atoms with van der Waals surface area (Å²) in [4.78, 5) is 4.06. The van der Waals surface area contributed by atoms with Gasteiger partial charge in [0.15, 0.2) is 0 Å². The van der Waals surface area contributed by atoms with Crippen LogP contribution in [0.3, 0.4) is 0 Å². The highest BCUT2D eigenvalue weighted by molar-refractivity contribution is 5.28. The fourth-order valence-electron chi connectivity index (χ4n) is 1.26. The van der Waals surface area contributed by atoms with Crippen molar-refractivity contribution in [2.75, 3.05) is 5.32 Å². The Kier molecular flexibility index (Phi) is 2.57. The SMILES string of the molecule is CC(Nc1nnnn1C)c1cccnc1. The van der Waals surface area contributed by atoms with Gasteiger partial charge in [0.25, 0.3) is 0 Å². The molecule has 0 aliphatic heterocycles. The van der Waals surface area contributed by atoms with Gasteiger partial charge in [-0.2, -0.15) is 0 Å². The van der Waals surface area contributed by atoms with Gasteiger partial charge in [0.2, 0.25) is 5.95 Å². The summed E-state index contributed by atoms with van der Waals surface area (Å²) >= 11 is 0. The minimum absolute atomic E-state index is 0.128. The quantitative estimate of drug-likeness (QED) is 0.800. The number of hydrogen-bond acceptors (Lipinski definition) is 5. The van der Waals surface area contributed by atoms with Crippen LogP contribution >= 0.6 is 0 Å². The molecule has 0 aliphatic rings. The predicted octanol–water partition coefficient (Wildman–Crippen LogP) is 0.778. The highest BCUT2D eigenvalue weighted by Gasteiger charge is 2.08. The van der Waals surface area contributed by atoms with Gasteiger partial charge in [-0.15, -0.1) is 0 Å². The number of pyridine rings is 1. The predicted molar refractivity (Wildman–Crippen MR) is 55.1 cm³/mol. The van der Waals surface area contributed by atoms with E-state index in [2.05, 4.69) is 25.8 Å². The first-order valence-electron chi connectivity index (χ1n) is 4.66. The summed E-state index contributed by atoms with van der Waals surface area (Å²) in [6, 6.07) is 4.04. The Labute approximate surface area is 87.3 Å². The van der Waals surface area contributed by atoms with E-state index in [1.165, 1.54) is 0 Å². The molecular weight excluding hydrogens is 192 g/mol. The van der Waals surface area contributed by atoms with E-state index in [0.717, 1.165) is 5.56 Å². The molecular formula is C9H12N6. The second-order valence-electron chi connectivity index (χ2n) is 3.28. The maximum Gasteiger partial charge on any atom is 0.243 e. The van der Waals surface area contributed by atoms with Crippen LogP contribution in [0.5, 0.6) is 0 Å². The lowest BCUT2D eigenvalue weighted by Gasteiger charge is -2.12. The first-order chi connectivity index (χ1) is 7.27. The number of hydrogen-bond donors (Lipinski definition) is 1. The zero-order chi connectivity index (χ0) is 10.7. The zero-order valence-corrected chi connectivity index (χ0v) is 8.62. The Bertz CT molecular complexity index is 423. The third-order valence-corrected chi connectivity index (χ3v) is 2.15. The van der Waals surface area contributed by atoms with Crippen LogP contribution in [0.2, 0.25) is 0 Å². The van der Waals surface area contributed by atoms with E-state index in [1.54, 1.807) is 17.9 Å². The van der Waals surface area contributed by atoms with Gasteiger partial charge in [-0.25, -0.2) is 4.68 Å². The molecule has 15 heavy (non-hydrogen) atoms. The van der Waals surface area contributed by atoms with E-state index in [-0.39, 0.29) is 6.04 Å². The average molecular weight is 204 g/mol. The van der Waals surface area contributed by atoms with Crippen molar-refractivity contribution in [3.63, 3.8) is 0 Å². The summed E-state index contributed by atoms with van der Waals surface area (Å²) in [5.41, 5.74) is 1.10. The molecule has 2 aromatic heterocycles. The van der Waals surface area contributed by atoms with Crippen molar-refractivity contribution in [2.45, 2.75) is 13.0 Å². The van der Waals surface area contributed by atoms with Gasteiger partial charge >= 0.3 is 0 Å². The molecule has 78 valence electrons. The van der Waals surface area contributed by atoms with Crippen molar-refractivity contribution < 1.29 is 0 Å². The van der Waals surface area contributed by atoms with E-state index in [9.17, 15) is 0 Å². The number of aromatic nitrogens is 5. The topological polar surface area (TPSA) is 68.5 Å². The van der Waals surface area contributed by atoms with Crippen LogP contribution in [0.4, 0.5) is 5.95 Å². The van der Waals surface area contributed by atoms with Crippen LogP contribution in [-0.2, 0) is 7.05 Å². The Balaban J connectivity index is 2.11. The molecule has 1 unspecified atom stereocenters. The highest BCUT2D eigenvalue weighted by Crippen LogP contribution is 2.14. The summed E-state index contributed by atoms with van der Waals surface area (Å²) in [6.07, 6.45) is 3.57. The second kappa shape index (κ2) is 4.04. The molecule has 0 aromatic carbocycles. The molecule has 6 heteroatoms. The zero-order valence-electron chi connectivity index (χ0n) is 8.62. The van der Waals surface area contributed by atoms with Crippen LogP contribution in [-0.4, -0.2) is 25.2 Å². The molecule has 0 amide bonds. The number of nitrogens with one attached hydrogen (secondary N) is 1. The second-order valence-corrected chi connectivity index (χ2v) is 3.28. The van der Waals surface area contributed by atoms with Gasteiger partial charge < -0.3 is 5.32 Å². The minimum Gasteiger partial charge on any atom is -0.347 e. The van der Waals surface area contributed by atoms with Gasteiger partial charge in [0, 0.05) is 19.4 Å². The van der Waals surface area contributed by atoms with Gasteiger partial charge in [0.05, 0.1) is 6.04 Å². The molecule has 0 spiro atoms. The monoisotopic (exact) mass is 204 g/mol. The number of tetrazole rings is 1. The fourth-order valence-corrected chi connectivity index (χ4v) is 1.26. The van der Waals surface area contributed by atoms with Crippen molar-refractivity contribution >= 4 is 5.95 Å². The Hall–Kier alpha value is -1.98. The summed E-state index contributed by atoms with van der Waals surface area (Å²) in [5, 5.41) is 14.3. The lowest BCUT2D eigenvalue weighted by atomic mass is 10.1.